The number of aliphatic hydroxyl groups excluding tert-OH is 1. The fourth-order valence-corrected chi connectivity index (χ4v) is 8.83. The van der Waals surface area contributed by atoms with Gasteiger partial charge in [-0.25, -0.2) is 0 Å². The van der Waals surface area contributed by atoms with Crippen LogP contribution in [0.25, 0.3) is 21.5 Å². The van der Waals surface area contributed by atoms with Gasteiger partial charge in [0.05, 0.1) is 40.4 Å². The topological polar surface area (TPSA) is 132 Å². The summed E-state index contributed by atoms with van der Waals surface area (Å²) in [5, 5.41) is 33.9. The largest absolute Gasteiger partial charge is 0.396 e. The molecular weight excluding hydrogens is 729 g/mol. The van der Waals surface area contributed by atoms with Gasteiger partial charge in [0.2, 0.25) is 0 Å². The number of rotatable bonds is 11. The van der Waals surface area contributed by atoms with Crippen LogP contribution < -0.4 is 14.7 Å². The van der Waals surface area contributed by atoms with E-state index in [1.807, 2.05) is 128 Å². The number of aryl methyl sites for hydroxylation is 1. The summed E-state index contributed by atoms with van der Waals surface area (Å²) in [6.45, 7) is 2.52. The Labute approximate surface area is 333 Å². The first kappa shape index (κ1) is 35.5. The van der Waals surface area contributed by atoms with E-state index in [4.69, 9.17) is 0 Å². The van der Waals surface area contributed by atoms with Crippen molar-refractivity contribution in [3.63, 3.8) is 0 Å². The van der Waals surface area contributed by atoms with E-state index in [9.17, 15) is 24.6 Å². The van der Waals surface area contributed by atoms with E-state index in [1.54, 1.807) is 31.6 Å². The molecule has 11 heteroatoms. The molecule has 6 aromatic carbocycles. The van der Waals surface area contributed by atoms with Crippen LogP contribution in [0, 0.1) is 5.92 Å². The van der Waals surface area contributed by atoms with Crippen molar-refractivity contribution >= 4 is 67.7 Å². The van der Waals surface area contributed by atoms with Gasteiger partial charge in [0.15, 0.2) is 5.60 Å². The van der Waals surface area contributed by atoms with E-state index in [0.717, 1.165) is 38.5 Å². The number of hydrogen-bond donors (Lipinski definition) is 2. The van der Waals surface area contributed by atoms with Gasteiger partial charge in [-0.1, -0.05) is 85.0 Å². The lowest BCUT2D eigenvalue weighted by atomic mass is 9.82. The molecule has 0 saturated heterocycles. The predicted molar refractivity (Wildman–Crippen MR) is 223 cm³/mol. The van der Waals surface area contributed by atoms with Gasteiger partial charge in [0, 0.05) is 59.4 Å². The van der Waals surface area contributed by atoms with Crippen molar-refractivity contribution in [1.82, 2.24) is 15.0 Å². The third kappa shape index (κ3) is 5.38. The standard InChI is InChI=1S/C47H38N6O5/c1-29(8-2-3-24-50-28-33(23-25-54)48-49-50)47(58)38-26-35(53-41-16-7-12-32-10-5-14-37(43(32)41)45(53)56)21-22-39(38)51(46(47)57)27-30-17-19-34(20-18-30)52-40-15-6-11-31-9-4-13-36(42(31)40)44(52)55/h2,4-22,26,28-29,54,58H,3,23-25,27H2,1H3/b8-2+/t29-,47+/m0/s1. The monoisotopic (exact) mass is 766 g/mol. The Morgan fingerprint density at radius 2 is 1.34 bits per heavy atom. The maximum atomic E-state index is 14.7. The first-order chi connectivity index (χ1) is 28.3. The fraction of sp³-hybridized carbons (Fsp3) is 0.170. The molecule has 0 bridgehead atoms. The number of aromatic nitrogens is 3. The Hall–Kier alpha value is -6.95. The van der Waals surface area contributed by atoms with Crippen molar-refractivity contribution in [2.24, 2.45) is 5.92 Å². The van der Waals surface area contributed by atoms with E-state index in [-0.39, 0.29) is 25.0 Å². The lowest BCUT2D eigenvalue weighted by Crippen LogP contribution is -2.44. The van der Waals surface area contributed by atoms with Gasteiger partial charge < -0.3 is 15.1 Å². The Morgan fingerprint density at radius 3 is 1.98 bits per heavy atom. The van der Waals surface area contributed by atoms with Crippen molar-refractivity contribution in [2.75, 3.05) is 21.3 Å². The Morgan fingerprint density at radius 1 is 0.741 bits per heavy atom. The molecule has 0 unspecified atom stereocenters. The number of carbonyl (C=O) groups is 3. The Balaban J connectivity index is 0.973. The van der Waals surface area contributed by atoms with Crippen LogP contribution in [0.2, 0.25) is 0 Å². The molecule has 7 aromatic rings. The summed E-state index contributed by atoms with van der Waals surface area (Å²) in [7, 11) is 0. The Kier molecular flexibility index (Phi) is 8.32. The molecule has 0 spiro atoms. The average Bonchev–Trinajstić information content (AvgIpc) is 3.96. The van der Waals surface area contributed by atoms with Gasteiger partial charge >= 0.3 is 0 Å². The third-order valence-corrected chi connectivity index (χ3v) is 11.7. The molecule has 3 aliphatic rings. The second-order valence-corrected chi connectivity index (χ2v) is 15.1. The lowest BCUT2D eigenvalue weighted by molar-refractivity contribution is -0.139. The smallest absolute Gasteiger partial charge is 0.264 e. The summed E-state index contributed by atoms with van der Waals surface area (Å²) in [5.41, 5.74) is 4.67. The summed E-state index contributed by atoms with van der Waals surface area (Å²) < 4.78 is 1.70. The van der Waals surface area contributed by atoms with Crippen molar-refractivity contribution < 1.29 is 24.6 Å². The molecule has 0 fully saturated rings. The number of anilines is 5. The highest BCUT2D eigenvalue weighted by Gasteiger charge is 2.53. The van der Waals surface area contributed by atoms with Crippen LogP contribution in [-0.4, -0.2) is 49.5 Å². The molecule has 11 nitrogen and oxygen atoms in total. The molecule has 4 heterocycles. The highest BCUT2D eigenvalue weighted by molar-refractivity contribution is 6.29. The zero-order valence-corrected chi connectivity index (χ0v) is 31.6. The van der Waals surface area contributed by atoms with Crippen LogP contribution in [0.3, 0.4) is 0 Å². The summed E-state index contributed by atoms with van der Waals surface area (Å²) >= 11 is 0. The molecule has 0 saturated carbocycles. The molecule has 286 valence electrons. The van der Waals surface area contributed by atoms with Gasteiger partial charge in [-0.2, -0.15) is 0 Å². The van der Waals surface area contributed by atoms with Crippen molar-refractivity contribution in [3.05, 3.63) is 162 Å². The SMILES string of the molecule is C[C@@H](/C=C/CCn1cc(CCO)nn1)[C@]1(O)C(=O)N(Cc2ccc(N3C(=O)c4cccc5cccc3c45)cc2)c2ccc(N3C(=O)c4cccc5cccc3c45)cc21. The van der Waals surface area contributed by atoms with E-state index >= 15 is 0 Å². The maximum absolute atomic E-state index is 14.7. The van der Waals surface area contributed by atoms with Gasteiger partial charge in [0.1, 0.15) is 0 Å². The second kappa shape index (κ2) is 13.6. The Bertz CT molecular complexity index is 2860. The number of fused-ring (bicyclic) bond motifs is 1. The number of carbonyl (C=O) groups excluding carboxylic acids is 3. The average molecular weight is 767 g/mol. The van der Waals surface area contributed by atoms with E-state index in [2.05, 4.69) is 10.3 Å². The van der Waals surface area contributed by atoms with Crippen LogP contribution >= 0.6 is 0 Å². The third-order valence-electron chi connectivity index (χ3n) is 11.7. The minimum Gasteiger partial charge on any atom is -0.396 e. The van der Waals surface area contributed by atoms with Crippen LogP contribution in [0.4, 0.5) is 28.4 Å². The molecular formula is C47H38N6O5. The van der Waals surface area contributed by atoms with Gasteiger partial charge in [-0.15, -0.1) is 5.10 Å². The molecule has 0 radical (unpaired) electrons. The van der Waals surface area contributed by atoms with E-state index < -0.39 is 17.4 Å². The first-order valence-electron chi connectivity index (χ1n) is 19.4. The quantitative estimate of drug-likeness (QED) is 0.129. The summed E-state index contributed by atoms with van der Waals surface area (Å²) in [5.74, 6) is -1.38. The summed E-state index contributed by atoms with van der Waals surface area (Å²) in [6.07, 6.45) is 6.57. The van der Waals surface area contributed by atoms with Crippen molar-refractivity contribution in [2.45, 2.75) is 38.5 Å². The van der Waals surface area contributed by atoms with E-state index in [1.165, 1.54) is 0 Å². The highest BCUT2D eigenvalue weighted by atomic mass is 16.3. The maximum Gasteiger partial charge on any atom is 0.264 e. The number of nitrogens with zero attached hydrogens (tertiary/aromatic N) is 6. The first-order valence-corrected chi connectivity index (χ1v) is 19.4. The van der Waals surface area contributed by atoms with Crippen LogP contribution in [0.1, 0.15) is 50.9 Å². The fourth-order valence-electron chi connectivity index (χ4n) is 8.83. The molecule has 1 aromatic heterocycles. The van der Waals surface area contributed by atoms with Crippen molar-refractivity contribution in [3.8, 4) is 0 Å². The number of hydrogen-bond acceptors (Lipinski definition) is 7. The number of aliphatic hydroxyl groups is 2. The zero-order chi connectivity index (χ0) is 39.7. The van der Waals surface area contributed by atoms with E-state index in [0.29, 0.717) is 58.8 Å². The minimum absolute atomic E-state index is 0.00518. The lowest BCUT2D eigenvalue weighted by Gasteiger charge is -2.28. The van der Waals surface area contributed by atoms with Crippen LogP contribution in [-0.2, 0) is 29.9 Å². The van der Waals surface area contributed by atoms with Gasteiger partial charge in [-0.05, 0) is 77.4 Å². The summed E-state index contributed by atoms with van der Waals surface area (Å²) in [6, 6.07) is 36.2. The molecule has 10 rings (SSSR count). The number of allylic oxidation sites excluding steroid dienone is 1. The van der Waals surface area contributed by atoms with Crippen LogP contribution in [0.5, 0.6) is 0 Å². The van der Waals surface area contributed by atoms with Crippen LogP contribution in [0.15, 0.2) is 134 Å². The predicted octanol–water partition coefficient (Wildman–Crippen LogP) is 7.72. The normalized spacial score (nSPS) is 17.5. The molecule has 0 aliphatic carbocycles. The molecule has 2 atom stereocenters. The molecule has 58 heavy (non-hydrogen) atoms. The number of amides is 3. The minimum atomic E-state index is -1.95. The van der Waals surface area contributed by atoms with Gasteiger partial charge in [0.25, 0.3) is 17.7 Å². The molecule has 3 aliphatic heterocycles. The second-order valence-electron chi connectivity index (χ2n) is 15.1. The highest BCUT2D eigenvalue weighted by Crippen LogP contribution is 2.50. The van der Waals surface area contributed by atoms with Crippen molar-refractivity contribution in [1.29, 1.82) is 0 Å². The molecule has 3 amide bonds. The zero-order valence-electron chi connectivity index (χ0n) is 31.6. The van der Waals surface area contributed by atoms with Gasteiger partial charge in [-0.3, -0.25) is 28.9 Å². The number of benzene rings is 6. The summed E-state index contributed by atoms with van der Waals surface area (Å²) in [4.78, 5) is 47.3. The molecule has 2 N–H and O–H groups in total.